The van der Waals surface area contributed by atoms with E-state index in [0.29, 0.717) is 15.7 Å². The number of amides is 1. The van der Waals surface area contributed by atoms with Gasteiger partial charge < -0.3 is 5.32 Å². The van der Waals surface area contributed by atoms with E-state index in [2.05, 4.69) is 10.3 Å². The fourth-order valence-corrected chi connectivity index (χ4v) is 4.82. The molecule has 2 heterocycles. The molecule has 29 heavy (non-hydrogen) atoms. The predicted octanol–water partition coefficient (Wildman–Crippen LogP) is 4.06. The van der Waals surface area contributed by atoms with Crippen LogP contribution in [0.3, 0.4) is 0 Å². The molecule has 0 unspecified atom stereocenters. The minimum absolute atomic E-state index is 0.0849. The topological polar surface area (TPSA) is 64.0 Å². The number of hydrogen-bond donors (Lipinski definition) is 1. The molecule has 2 aromatic carbocycles. The highest BCUT2D eigenvalue weighted by atomic mass is 32.2. The van der Waals surface area contributed by atoms with Gasteiger partial charge in [-0.2, -0.15) is 0 Å². The van der Waals surface area contributed by atoms with Crippen molar-refractivity contribution in [3.05, 3.63) is 76.0 Å². The summed E-state index contributed by atoms with van der Waals surface area (Å²) in [4.78, 5) is 30.8. The number of rotatable bonds is 5. The zero-order valence-electron chi connectivity index (χ0n) is 15.6. The molecular weight excluding hydrogens is 409 g/mol. The van der Waals surface area contributed by atoms with E-state index in [-0.39, 0.29) is 23.0 Å². The SMILES string of the molecule is Cc1ccc(-n2c(SCC(=O)Nc3ccc(F)cc3)nc3c(c2=O)SCC3)cc1. The van der Waals surface area contributed by atoms with E-state index in [1.807, 2.05) is 31.2 Å². The van der Waals surface area contributed by atoms with Gasteiger partial charge in [-0.05, 0) is 43.3 Å². The lowest BCUT2D eigenvalue weighted by molar-refractivity contribution is -0.113. The predicted molar refractivity (Wildman–Crippen MR) is 115 cm³/mol. The van der Waals surface area contributed by atoms with Crippen molar-refractivity contribution >= 4 is 35.1 Å². The number of nitrogens with zero attached hydrogens (tertiary/aromatic N) is 2. The van der Waals surface area contributed by atoms with Crippen LogP contribution in [-0.4, -0.2) is 27.0 Å². The Morgan fingerprint density at radius 2 is 1.93 bits per heavy atom. The summed E-state index contributed by atoms with van der Waals surface area (Å²) in [6.45, 7) is 1.98. The van der Waals surface area contributed by atoms with Gasteiger partial charge >= 0.3 is 0 Å². The number of anilines is 1. The molecular formula is C21H18FN3O2S2. The Morgan fingerprint density at radius 1 is 1.21 bits per heavy atom. The first-order valence-electron chi connectivity index (χ1n) is 9.05. The Hall–Kier alpha value is -2.58. The number of carbonyl (C=O) groups excluding carboxylic acids is 1. The maximum Gasteiger partial charge on any atom is 0.272 e. The molecule has 0 bridgehead atoms. The van der Waals surface area contributed by atoms with Crippen LogP contribution in [0.5, 0.6) is 0 Å². The normalized spacial score (nSPS) is 12.6. The largest absolute Gasteiger partial charge is 0.325 e. The lowest BCUT2D eigenvalue weighted by Gasteiger charge is -2.14. The van der Waals surface area contributed by atoms with Gasteiger partial charge in [-0.3, -0.25) is 14.2 Å². The first kappa shape index (κ1) is 19.7. The Morgan fingerprint density at radius 3 is 2.66 bits per heavy atom. The number of aryl methyl sites for hydroxylation is 2. The number of benzene rings is 2. The van der Waals surface area contributed by atoms with Crippen molar-refractivity contribution in [3.8, 4) is 5.69 Å². The Balaban J connectivity index is 1.60. The summed E-state index contributed by atoms with van der Waals surface area (Å²) >= 11 is 2.74. The summed E-state index contributed by atoms with van der Waals surface area (Å²) < 4.78 is 14.6. The first-order chi connectivity index (χ1) is 14.0. The van der Waals surface area contributed by atoms with Gasteiger partial charge in [-0.25, -0.2) is 9.37 Å². The highest BCUT2D eigenvalue weighted by Gasteiger charge is 2.23. The highest BCUT2D eigenvalue weighted by molar-refractivity contribution is 8.00. The zero-order chi connectivity index (χ0) is 20.4. The van der Waals surface area contributed by atoms with Crippen LogP contribution in [0.15, 0.2) is 63.4 Å². The number of nitrogens with one attached hydrogen (secondary N) is 1. The van der Waals surface area contributed by atoms with Crippen LogP contribution >= 0.6 is 23.5 Å². The van der Waals surface area contributed by atoms with Crippen molar-refractivity contribution in [1.29, 1.82) is 0 Å². The van der Waals surface area contributed by atoms with Gasteiger partial charge in [0.25, 0.3) is 5.56 Å². The summed E-state index contributed by atoms with van der Waals surface area (Å²) in [6.07, 6.45) is 0.749. The summed E-state index contributed by atoms with van der Waals surface area (Å²) in [5, 5.41) is 3.22. The maximum atomic E-state index is 13.1. The standard InChI is InChI=1S/C21H18FN3O2S2/c1-13-2-8-16(9-3-13)25-20(27)19-17(10-11-28-19)24-21(25)29-12-18(26)23-15-6-4-14(22)5-7-15/h2-9H,10-12H2,1H3,(H,23,26). The van der Waals surface area contributed by atoms with Crippen LogP contribution in [-0.2, 0) is 11.2 Å². The molecule has 1 amide bonds. The Bertz CT molecular complexity index is 1110. The molecule has 148 valence electrons. The van der Waals surface area contributed by atoms with Crippen LogP contribution < -0.4 is 10.9 Å². The lowest BCUT2D eigenvalue weighted by Crippen LogP contribution is -2.24. The Labute approximate surface area is 175 Å². The van der Waals surface area contributed by atoms with Crippen molar-refractivity contribution in [1.82, 2.24) is 9.55 Å². The quantitative estimate of drug-likeness (QED) is 0.491. The average Bonchev–Trinajstić information content (AvgIpc) is 3.18. The van der Waals surface area contributed by atoms with Crippen molar-refractivity contribution < 1.29 is 9.18 Å². The van der Waals surface area contributed by atoms with E-state index >= 15 is 0 Å². The van der Waals surface area contributed by atoms with Gasteiger partial charge in [0.05, 0.1) is 22.0 Å². The van der Waals surface area contributed by atoms with Crippen molar-refractivity contribution in [2.24, 2.45) is 0 Å². The smallest absolute Gasteiger partial charge is 0.272 e. The summed E-state index contributed by atoms with van der Waals surface area (Å²) in [6, 6.07) is 13.2. The van der Waals surface area contributed by atoms with Crippen LogP contribution in [0.4, 0.5) is 10.1 Å². The average molecular weight is 428 g/mol. The van der Waals surface area contributed by atoms with Crippen LogP contribution in [0, 0.1) is 12.7 Å². The number of thioether (sulfide) groups is 2. The van der Waals surface area contributed by atoms with Crippen LogP contribution in [0.25, 0.3) is 5.69 Å². The van der Waals surface area contributed by atoms with Gasteiger partial charge in [0, 0.05) is 17.9 Å². The highest BCUT2D eigenvalue weighted by Crippen LogP contribution is 2.30. The molecule has 1 aromatic heterocycles. The van der Waals surface area contributed by atoms with Gasteiger partial charge in [0.2, 0.25) is 5.91 Å². The molecule has 1 aliphatic heterocycles. The molecule has 4 rings (SSSR count). The van der Waals surface area contributed by atoms with E-state index in [1.165, 1.54) is 47.8 Å². The third-order valence-corrected chi connectivity index (χ3v) is 6.46. The third kappa shape index (κ3) is 4.38. The van der Waals surface area contributed by atoms with Crippen molar-refractivity contribution in [2.45, 2.75) is 23.4 Å². The van der Waals surface area contributed by atoms with Crippen molar-refractivity contribution in [3.63, 3.8) is 0 Å². The molecule has 0 aliphatic carbocycles. The van der Waals surface area contributed by atoms with E-state index in [0.717, 1.165) is 29.1 Å². The minimum Gasteiger partial charge on any atom is -0.325 e. The zero-order valence-corrected chi connectivity index (χ0v) is 17.3. The second-order valence-electron chi connectivity index (χ2n) is 6.59. The second-order valence-corrected chi connectivity index (χ2v) is 8.64. The second kappa shape index (κ2) is 8.42. The number of aromatic nitrogens is 2. The van der Waals surface area contributed by atoms with E-state index in [4.69, 9.17) is 0 Å². The maximum absolute atomic E-state index is 13.1. The summed E-state index contributed by atoms with van der Waals surface area (Å²) in [5.41, 5.74) is 3.04. The van der Waals surface area contributed by atoms with Gasteiger partial charge in [0.15, 0.2) is 5.16 Å². The van der Waals surface area contributed by atoms with Crippen molar-refractivity contribution in [2.75, 3.05) is 16.8 Å². The molecule has 5 nitrogen and oxygen atoms in total. The van der Waals surface area contributed by atoms with E-state index in [1.54, 1.807) is 4.57 Å². The number of hydrogen-bond acceptors (Lipinski definition) is 5. The van der Waals surface area contributed by atoms with Gasteiger partial charge in [0.1, 0.15) is 5.82 Å². The summed E-state index contributed by atoms with van der Waals surface area (Å²) in [5.74, 6) is 0.313. The fourth-order valence-electron chi connectivity index (χ4n) is 2.97. The molecule has 1 N–H and O–H groups in total. The van der Waals surface area contributed by atoms with Gasteiger partial charge in [-0.1, -0.05) is 29.5 Å². The van der Waals surface area contributed by atoms with Crippen LogP contribution in [0.2, 0.25) is 0 Å². The molecule has 8 heteroatoms. The molecule has 0 atom stereocenters. The minimum atomic E-state index is -0.361. The molecule has 0 spiro atoms. The summed E-state index contributed by atoms with van der Waals surface area (Å²) in [7, 11) is 0. The van der Waals surface area contributed by atoms with Gasteiger partial charge in [-0.15, -0.1) is 11.8 Å². The Kier molecular flexibility index (Phi) is 5.73. The van der Waals surface area contributed by atoms with E-state index < -0.39 is 0 Å². The molecule has 0 saturated heterocycles. The number of carbonyl (C=O) groups is 1. The lowest BCUT2D eigenvalue weighted by atomic mass is 10.2. The molecule has 1 aliphatic rings. The molecule has 0 fully saturated rings. The third-order valence-electron chi connectivity index (χ3n) is 4.42. The molecule has 0 radical (unpaired) electrons. The number of halogens is 1. The van der Waals surface area contributed by atoms with Crippen LogP contribution in [0.1, 0.15) is 11.3 Å². The van der Waals surface area contributed by atoms with E-state index in [9.17, 15) is 14.0 Å². The molecule has 0 saturated carbocycles. The monoisotopic (exact) mass is 427 g/mol. The molecule has 3 aromatic rings. The fraction of sp³-hybridized carbons (Fsp3) is 0.190. The first-order valence-corrected chi connectivity index (χ1v) is 11.0. The number of fused-ring (bicyclic) bond motifs is 1.